The lowest BCUT2D eigenvalue weighted by molar-refractivity contribution is -0.135. The molecular weight excluding hydrogens is 292 g/mol. The van der Waals surface area contributed by atoms with Gasteiger partial charge in [-0.25, -0.2) is 0 Å². The van der Waals surface area contributed by atoms with E-state index in [2.05, 4.69) is 20.7 Å². The first-order chi connectivity index (χ1) is 11.3. The molecule has 2 saturated heterocycles. The second-order valence-corrected chi connectivity index (χ2v) is 7.11. The van der Waals surface area contributed by atoms with Gasteiger partial charge in [-0.05, 0) is 31.2 Å². The van der Waals surface area contributed by atoms with Gasteiger partial charge in [0.2, 0.25) is 5.91 Å². The highest BCUT2D eigenvalue weighted by Gasteiger charge is 2.31. The van der Waals surface area contributed by atoms with Crippen LogP contribution in [0.5, 0.6) is 0 Å². The molecule has 0 spiro atoms. The summed E-state index contributed by atoms with van der Waals surface area (Å²) in [5.74, 6) is 1.01. The molecule has 1 aromatic heterocycles. The van der Waals surface area contributed by atoms with Crippen LogP contribution in [0.1, 0.15) is 37.4 Å². The van der Waals surface area contributed by atoms with E-state index >= 15 is 0 Å². The lowest BCUT2D eigenvalue weighted by atomic mass is 9.98. The highest BCUT2D eigenvalue weighted by Crippen LogP contribution is 2.26. The standard InChI is InChI=1S/C17H26N4O2/c22-17(20-6-1-7-20)10-16-13-19(11-14-3-8-23-9-4-14)12-15-2-5-18-21(15)16/h2,5,14,16H,1,3-4,6-13H2/t16-/m1/s1. The fraction of sp³-hybridized carbons (Fsp3) is 0.765. The smallest absolute Gasteiger partial charge is 0.224 e. The van der Waals surface area contributed by atoms with Crippen LogP contribution >= 0.6 is 0 Å². The summed E-state index contributed by atoms with van der Waals surface area (Å²) in [5.41, 5.74) is 1.24. The van der Waals surface area contributed by atoms with E-state index < -0.39 is 0 Å². The molecule has 2 fully saturated rings. The highest BCUT2D eigenvalue weighted by molar-refractivity contribution is 5.77. The third-order valence-electron chi connectivity index (χ3n) is 5.43. The molecule has 6 nitrogen and oxygen atoms in total. The third kappa shape index (κ3) is 3.28. The minimum absolute atomic E-state index is 0.182. The molecule has 0 saturated carbocycles. The molecule has 126 valence electrons. The average Bonchev–Trinajstić information content (AvgIpc) is 2.95. The zero-order valence-corrected chi connectivity index (χ0v) is 13.7. The van der Waals surface area contributed by atoms with Gasteiger partial charge in [0.1, 0.15) is 0 Å². The van der Waals surface area contributed by atoms with Crippen LogP contribution in [0.15, 0.2) is 12.3 Å². The molecule has 0 aliphatic carbocycles. The van der Waals surface area contributed by atoms with Crippen LogP contribution in [0.4, 0.5) is 0 Å². The molecule has 6 heteroatoms. The first kappa shape index (κ1) is 15.1. The van der Waals surface area contributed by atoms with Crippen LogP contribution in [0.3, 0.4) is 0 Å². The lowest BCUT2D eigenvalue weighted by Crippen LogP contribution is -2.46. The van der Waals surface area contributed by atoms with Gasteiger partial charge in [0.15, 0.2) is 0 Å². The van der Waals surface area contributed by atoms with Crippen molar-refractivity contribution in [2.45, 2.75) is 38.3 Å². The Balaban J connectivity index is 1.42. The molecule has 1 aromatic rings. The van der Waals surface area contributed by atoms with Gasteiger partial charge in [-0.3, -0.25) is 14.4 Å². The van der Waals surface area contributed by atoms with Crippen molar-refractivity contribution in [1.82, 2.24) is 19.6 Å². The quantitative estimate of drug-likeness (QED) is 0.839. The molecule has 1 amide bonds. The van der Waals surface area contributed by atoms with Crippen LogP contribution in [0.2, 0.25) is 0 Å². The molecular formula is C17H26N4O2. The maximum Gasteiger partial charge on any atom is 0.224 e. The second kappa shape index (κ2) is 6.61. The van der Waals surface area contributed by atoms with Crippen molar-refractivity contribution < 1.29 is 9.53 Å². The van der Waals surface area contributed by atoms with Crippen LogP contribution in [-0.4, -0.2) is 64.9 Å². The van der Waals surface area contributed by atoms with Crippen LogP contribution in [0.25, 0.3) is 0 Å². The molecule has 23 heavy (non-hydrogen) atoms. The third-order valence-corrected chi connectivity index (χ3v) is 5.43. The van der Waals surface area contributed by atoms with E-state index in [1.54, 1.807) is 0 Å². The van der Waals surface area contributed by atoms with Crippen LogP contribution in [-0.2, 0) is 16.1 Å². The van der Waals surface area contributed by atoms with Crippen molar-refractivity contribution in [3.05, 3.63) is 18.0 Å². The van der Waals surface area contributed by atoms with Crippen LogP contribution < -0.4 is 0 Å². The predicted octanol–water partition coefficient (Wildman–Crippen LogP) is 1.29. The van der Waals surface area contributed by atoms with Gasteiger partial charge in [0.25, 0.3) is 0 Å². The van der Waals surface area contributed by atoms with Crippen molar-refractivity contribution in [2.75, 3.05) is 39.4 Å². The van der Waals surface area contributed by atoms with Gasteiger partial charge in [-0.15, -0.1) is 0 Å². The normalized spacial score (nSPS) is 25.9. The molecule has 0 aromatic carbocycles. The SMILES string of the molecule is O=C(C[C@@H]1CN(CC2CCOCC2)Cc2ccnn21)N1CCC1. The Morgan fingerprint density at radius 1 is 1.30 bits per heavy atom. The fourth-order valence-electron chi connectivity index (χ4n) is 3.95. The van der Waals surface area contributed by atoms with Gasteiger partial charge >= 0.3 is 0 Å². The van der Waals surface area contributed by atoms with E-state index in [0.29, 0.717) is 6.42 Å². The van der Waals surface area contributed by atoms with E-state index in [0.717, 1.165) is 71.1 Å². The topological polar surface area (TPSA) is 50.6 Å². The summed E-state index contributed by atoms with van der Waals surface area (Å²) in [4.78, 5) is 16.9. The lowest BCUT2D eigenvalue weighted by Gasteiger charge is -2.38. The number of fused-ring (bicyclic) bond motifs is 1. The molecule has 4 rings (SSSR count). The zero-order chi connectivity index (χ0) is 15.6. The van der Waals surface area contributed by atoms with Gasteiger partial charge in [-0.2, -0.15) is 5.10 Å². The number of likely N-dealkylation sites (tertiary alicyclic amines) is 1. The number of rotatable bonds is 4. The first-order valence-electron chi connectivity index (χ1n) is 8.90. The fourth-order valence-corrected chi connectivity index (χ4v) is 3.95. The van der Waals surface area contributed by atoms with Crippen molar-refractivity contribution in [1.29, 1.82) is 0 Å². The summed E-state index contributed by atoms with van der Waals surface area (Å²) >= 11 is 0. The number of carbonyl (C=O) groups excluding carboxylic acids is 1. The molecule has 4 heterocycles. The molecule has 0 N–H and O–H groups in total. The Labute approximate surface area is 137 Å². The number of hydrogen-bond acceptors (Lipinski definition) is 4. The number of carbonyl (C=O) groups is 1. The van der Waals surface area contributed by atoms with Crippen LogP contribution in [0, 0.1) is 5.92 Å². The van der Waals surface area contributed by atoms with Gasteiger partial charge < -0.3 is 9.64 Å². The number of ether oxygens (including phenoxy) is 1. The first-order valence-corrected chi connectivity index (χ1v) is 8.90. The molecule has 3 aliphatic heterocycles. The number of nitrogens with zero attached hydrogens (tertiary/aromatic N) is 4. The Bertz CT molecular complexity index is 549. The van der Waals surface area contributed by atoms with E-state index in [4.69, 9.17) is 4.74 Å². The maximum atomic E-state index is 12.4. The Morgan fingerprint density at radius 2 is 2.13 bits per heavy atom. The summed E-state index contributed by atoms with van der Waals surface area (Å²) < 4.78 is 7.55. The molecule has 0 unspecified atom stereocenters. The van der Waals surface area contributed by atoms with Gasteiger partial charge in [0, 0.05) is 52.1 Å². The van der Waals surface area contributed by atoms with Crippen molar-refractivity contribution in [2.24, 2.45) is 5.92 Å². The van der Waals surface area contributed by atoms with E-state index in [1.807, 2.05) is 11.1 Å². The molecule has 1 atom stereocenters. The number of hydrogen-bond donors (Lipinski definition) is 0. The van der Waals surface area contributed by atoms with Crippen molar-refractivity contribution in [3.63, 3.8) is 0 Å². The summed E-state index contributed by atoms with van der Waals surface area (Å²) in [5, 5.41) is 4.47. The molecule has 0 bridgehead atoms. The van der Waals surface area contributed by atoms with Gasteiger partial charge in [-0.1, -0.05) is 0 Å². The zero-order valence-electron chi connectivity index (χ0n) is 13.7. The summed E-state index contributed by atoms with van der Waals surface area (Å²) in [6, 6.07) is 2.28. The number of aromatic nitrogens is 2. The molecule has 0 radical (unpaired) electrons. The Kier molecular flexibility index (Phi) is 4.35. The van der Waals surface area contributed by atoms with Crippen molar-refractivity contribution in [3.8, 4) is 0 Å². The minimum Gasteiger partial charge on any atom is -0.381 e. The second-order valence-electron chi connectivity index (χ2n) is 7.11. The predicted molar refractivity (Wildman–Crippen MR) is 85.9 cm³/mol. The molecule has 3 aliphatic rings. The summed E-state index contributed by atoms with van der Waals surface area (Å²) in [6.07, 6.45) is 5.92. The highest BCUT2D eigenvalue weighted by atomic mass is 16.5. The Hall–Kier alpha value is -1.40. The van der Waals surface area contributed by atoms with E-state index in [-0.39, 0.29) is 11.9 Å². The van der Waals surface area contributed by atoms with E-state index in [1.165, 1.54) is 5.69 Å². The monoisotopic (exact) mass is 318 g/mol. The summed E-state index contributed by atoms with van der Waals surface area (Å²) in [7, 11) is 0. The average molecular weight is 318 g/mol. The number of amides is 1. The van der Waals surface area contributed by atoms with Crippen molar-refractivity contribution >= 4 is 5.91 Å². The van der Waals surface area contributed by atoms with E-state index in [9.17, 15) is 4.79 Å². The summed E-state index contributed by atoms with van der Waals surface area (Å²) in [6.45, 7) is 6.66. The largest absolute Gasteiger partial charge is 0.381 e. The Morgan fingerprint density at radius 3 is 2.87 bits per heavy atom. The maximum absolute atomic E-state index is 12.4. The van der Waals surface area contributed by atoms with Gasteiger partial charge in [0.05, 0.1) is 18.2 Å². The minimum atomic E-state index is 0.182.